The van der Waals surface area contributed by atoms with Crippen LogP contribution in [-0.2, 0) is 11.3 Å². The third kappa shape index (κ3) is 3.55. The van der Waals surface area contributed by atoms with Crippen LogP contribution in [0.1, 0.15) is 11.1 Å². The molecule has 0 fully saturated rings. The molecule has 0 heterocycles. The second-order valence-electron chi connectivity index (χ2n) is 4.36. The molecular weight excluding hydrogens is 270 g/mol. The van der Waals surface area contributed by atoms with Crippen molar-refractivity contribution < 1.29 is 9.66 Å². The number of nitro benzene ring substituents is 1. The molecule has 0 atom stereocenters. The van der Waals surface area contributed by atoms with E-state index in [4.69, 9.17) is 10.00 Å². The number of benzene rings is 2. The van der Waals surface area contributed by atoms with Gasteiger partial charge in [-0.15, -0.1) is 0 Å². The Labute approximate surface area is 121 Å². The van der Waals surface area contributed by atoms with E-state index in [-0.39, 0.29) is 11.3 Å². The molecule has 2 aromatic rings. The molecule has 106 valence electrons. The zero-order valence-corrected chi connectivity index (χ0v) is 11.4. The van der Waals surface area contributed by atoms with Crippen LogP contribution in [0.3, 0.4) is 0 Å². The predicted octanol–water partition coefficient (Wildman–Crippen LogP) is 3.36. The van der Waals surface area contributed by atoms with Crippen molar-refractivity contribution in [3.05, 3.63) is 63.7 Å². The summed E-state index contributed by atoms with van der Waals surface area (Å²) in [6.45, 7) is 0.463. The van der Waals surface area contributed by atoms with E-state index in [0.717, 1.165) is 11.3 Å². The van der Waals surface area contributed by atoms with Gasteiger partial charge in [0, 0.05) is 18.9 Å². The first-order chi connectivity index (χ1) is 10.1. The lowest BCUT2D eigenvalue weighted by molar-refractivity contribution is -0.383. The molecule has 0 bridgehead atoms. The van der Waals surface area contributed by atoms with Gasteiger partial charge in [-0.25, -0.2) is 0 Å². The van der Waals surface area contributed by atoms with Gasteiger partial charge in [0.15, 0.2) is 0 Å². The molecule has 0 unspecified atom stereocenters. The third-order valence-corrected chi connectivity index (χ3v) is 2.84. The van der Waals surface area contributed by atoms with Crippen molar-refractivity contribution in [3.63, 3.8) is 0 Å². The maximum absolute atomic E-state index is 11.1. The molecule has 6 nitrogen and oxygen atoms in total. The molecule has 0 amide bonds. The number of nitrogens with one attached hydrogen (secondary N) is 1. The van der Waals surface area contributed by atoms with Crippen LogP contribution in [0.25, 0.3) is 0 Å². The number of hydrogen-bond acceptors (Lipinski definition) is 5. The van der Waals surface area contributed by atoms with Crippen LogP contribution < -0.4 is 5.32 Å². The Kier molecular flexibility index (Phi) is 4.49. The summed E-state index contributed by atoms with van der Waals surface area (Å²) in [5.41, 5.74) is 2.14. The Balaban J connectivity index is 2.33. The number of hydrogen-bond donors (Lipinski definition) is 1. The molecule has 0 aromatic heterocycles. The Morgan fingerprint density at radius 3 is 2.81 bits per heavy atom. The van der Waals surface area contributed by atoms with Crippen LogP contribution in [0.15, 0.2) is 42.5 Å². The van der Waals surface area contributed by atoms with Crippen LogP contribution in [0, 0.1) is 21.4 Å². The van der Waals surface area contributed by atoms with Crippen molar-refractivity contribution in [1.82, 2.24) is 0 Å². The summed E-state index contributed by atoms with van der Waals surface area (Å²) in [5, 5.41) is 22.9. The Hall–Kier alpha value is -2.91. The molecule has 0 radical (unpaired) electrons. The highest BCUT2D eigenvalue weighted by molar-refractivity contribution is 5.71. The monoisotopic (exact) mass is 283 g/mol. The van der Waals surface area contributed by atoms with Gasteiger partial charge in [0.1, 0.15) is 5.69 Å². The van der Waals surface area contributed by atoms with Crippen LogP contribution in [0.5, 0.6) is 0 Å². The zero-order chi connectivity index (χ0) is 15.2. The summed E-state index contributed by atoms with van der Waals surface area (Å²) in [6, 6.07) is 13.6. The lowest BCUT2D eigenvalue weighted by atomic mass is 10.1. The molecule has 0 aliphatic rings. The van der Waals surface area contributed by atoms with Gasteiger partial charge in [-0.1, -0.05) is 12.1 Å². The van der Waals surface area contributed by atoms with E-state index in [0.29, 0.717) is 12.3 Å². The van der Waals surface area contributed by atoms with Gasteiger partial charge >= 0.3 is 0 Å². The Morgan fingerprint density at radius 1 is 1.33 bits per heavy atom. The van der Waals surface area contributed by atoms with E-state index in [1.807, 2.05) is 24.3 Å². The van der Waals surface area contributed by atoms with Gasteiger partial charge in [0.2, 0.25) is 0 Å². The first-order valence-corrected chi connectivity index (χ1v) is 6.17. The second-order valence-corrected chi connectivity index (χ2v) is 4.36. The lowest BCUT2D eigenvalue weighted by Crippen LogP contribution is -1.98. The second kappa shape index (κ2) is 6.50. The van der Waals surface area contributed by atoms with Crippen LogP contribution in [-0.4, -0.2) is 12.0 Å². The molecule has 2 aromatic carbocycles. The minimum absolute atomic E-state index is 0.133. The molecule has 0 saturated heterocycles. The van der Waals surface area contributed by atoms with Gasteiger partial charge in [0.25, 0.3) is 5.69 Å². The number of nitrogens with zero attached hydrogens (tertiary/aromatic N) is 2. The molecule has 21 heavy (non-hydrogen) atoms. The molecule has 0 spiro atoms. The number of anilines is 2. The summed E-state index contributed by atoms with van der Waals surface area (Å²) in [4.78, 5) is 10.6. The molecule has 0 saturated carbocycles. The predicted molar refractivity (Wildman–Crippen MR) is 78.2 cm³/mol. The van der Waals surface area contributed by atoms with Gasteiger partial charge in [-0.05, 0) is 29.8 Å². The van der Waals surface area contributed by atoms with E-state index in [2.05, 4.69) is 5.32 Å². The normalized spacial score (nSPS) is 9.90. The third-order valence-electron chi connectivity index (χ3n) is 2.84. The highest BCUT2D eigenvalue weighted by atomic mass is 16.6. The number of nitro groups is 1. The maximum Gasteiger partial charge on any atom is 0.293 e. The van der Waals surface area contributed by atoms with Gasteiger partial charge in [-0.2, -0.15) is 5.26 Å². The van der Waals surface area contributed by atoms with Crippen molar-refractivity contribution in [3.8, 4) is 6.07 Å². The smallest absolute Gasteiger partial charge is 0.293 e. The topological polar surface area (TPSA) is 88.2 Å². The molecule has 1 N–H and O–H groups in total. The standard InChI is InChI=1S/C15H13N3O3/c1-21-10-12-3-2-4-13(7-12)17-14-6-5-11(9-16)8-15(14)18(19)20/h2-8,17H,10H2,1H3. The summed E-state index contributed by atoms with van der Waals surface area (Å²) < 4.78 is 5.05. The van der Waals surface area contributed by atoms with E-state index in [9.17, 15) is 10.1 Å². The van der Waals surface area contributed by atoms with Crippen molar-refractivity contribution in [2.24, 2.45) is 0 Å². The molecule has 6 heteroatoms. The quantitative estimate of drug-likeness (QED) is 0.671. The maximum atomic E-state index is 11.1. The van der Waals surface area contributed by atoms with Crippen molar-refractivity contribution in [2.75, 3.05) is 12.4 Å². The fourth-order valence-corrected chi connectivity index (χ4v) is 1.92. The first-order valence-electron chi connectivity index (χ1n) is 6.17. The van der Waals surface area contributed by atoms with Gasteiger partial charge in [0.05, 0.1) is 23.2 Å². The van der Waals surface area contributed by atoms with Crippen molar-refractivity contribution in [2.45, 2.75) is 6.61 Å². The Morgan fingerprint density at radius 2 is 2.14 bits per heavy atom. The van der Waals surface area contributed by atoms with Gasteiger partial charge in [-0.3, -0.25) is 10.1 Å². The average molecular weight is 283 g/mol. The van der Waals surface area contributed by atoms with E-state index < -0.39 is 4.92 Å². The summed E-state index contributed by atoms with van der Waals surface area (Å²) >= 11 is 0. The summed E-state index contributed by atoms with van der Waals surface area (Å²) in [7, 11) is 1.60. The fourth-order valence-electron chi connectivity index (χ4n) is 1.92. The molecule has 0 aliphatic heterocycles. The largest absolute Gasteiger partial charge is 0.380 e. The molecular formula is C15H13N3O3. The first kappa shape index (κ1) is 14.5. The zero-order valence-electron chi connectivity index (χ0n) is 11.4. The van der Waals surface area contributed by atoms with Crippen molar-refractivity contribution >= 4 is 17.1 Å². The number of methoxy groups -OCH3 is 1. The summed E-state index contributed by atoms with van der Waals surface area (Å²) in [6.07, 6.45) is 0. The van der Waals surface area contributed by atoms with E-state index in [1.54, 1.807) is 13.2 Å². The van der Waals surface area contributed by atoms with Crippen molar-refractivity contribution in [1.29, 1.82) is 5.26 Å². The van der Waals surface area contributed by atoms with Crippen LogP contribution in [0.4, 0.5) is 17.1 Å². The Bertz CT molecular complexity index is 708. The minimum Gasteiger partial charge on any atom is -0.380 e. The van der Waals surface area contributed by atoms with E-state index >= 15 is 0 Å². The lowest BCUT2D eigenvalue weighted by Gasteiger charge is -2.09. The average Bonchev–Trinajstić information content (AvgIpc) is 2.48. The van der Waals surface area contributed by atoms with Gasteiger partial charge < -0.3 is 10.1 Å². The minimum atomic E-state index is -0.512. The highest BCUT2D eigenvalue weighted by Crippen LogP contribution is 2.28. The summed E-state index contributed by atoms with van der Waals surface area (Å²) in [5.74, 6) is 0. The van der Waals surface area contributed by atoms with Crippen LogP contribution in [0.2, 0.25) is 0 Å². The van der Waals surface area contributed by atoms with Crippen LogP contribution >= 0.6 is 0 Å². The SMILES string of the molecule is COCc1cccc(Nc2ccc(C#N)cc2[N+](=O)[O-])c1. The van der Waals surface area contributed by atoms with E-state index in [1.165, 1.54) is 18.2 Å². The molecule has 2 rings (SSSR count). The molecule has 0 aliphatic carbocycles. The number of nitriles is 1. The fraction of sp³-hybridized carbons (Fsp3) is 0.133. The number of ether oxygens (including phenoxy) is 1. The highest BCUT2D eigenvalue weighted by Gasteiger charge is 2.14. The number of rotatable bonds is 5.